The van der Waals surface area contributed by atoms with E-state index in [1.807, 2.05) is 0 Å². The van der Waals surface area contributed by atoms with Gasteiger partial charge in [-0.15, -0.1) is 0 Å². The molecule has 0 bridgehead atoms. The number of ether oxygens (including phenoxy) is 1. The quantitative estimate of drug-likeness (QED) is 0.750. The Hall–Kier alpha value is -0.540. The van der Waals surface area contributed by atoms with E-state index in [1.165, 1.54) is 0 Å². The molecule has 1 spiro atoms. The van der Waals surface area contributed by atoms with Crippen molar-refractivity contribution in [3.8, 4) is 0 Å². The van der Waals surface area contributed by atoms with Crippen LogP contribution in [0, 0.1) is 12.3 Å². The van der Waals surface area contributed by atoms with Gasteiger partial charge in [0.05, 0.1) is 10.6 Å². The molecule has 1 N–H and O–H groups in total. The second kappa shape index (κ2) is 6.02. The summed E-state index contributed by atoms with van der Waals surface area (Å²) in [4.78, 5) is 6.85. The molecule has 1 atom stereocenters. The van der Waals surface area contributed by atoms with E-state index in [-0.39, 0.29) is 5.41 Å². The molecular formula is C16H22BrN3O3S. The van der Waals surface area contributed by atoms with Crippen molar-refractivity contribution in [3.05, 3.63) is 22.4 Å². The Bertz CT molecular complexity index is 745. The number of nitrogens with zero attached hydrogens (tertiary/aromatic N) is 2. The Morgan fingerprint density at radius 3 is 2.62 bits per heavy atom. The molecule has 0 radical (unpaired) electrons. The highest BCUT2D eigenvalue weighted by molar-refractivity contribution is 9.10. The van der Waals surface area contributed by atoms with Crippen molar-refractivity contribution in [2.24, 2.45) is 5.41 Å². The SMILES string of the molecule is Cc1nc(Br)ccc1S(=O)(=O)C1N(C2CCOCC2)CC12CNC2. The zero-order valence-electron chi connectivity index (χ0n) is 13.7. The molecule has 4 heterocycles. The number of pyridine rings is 1. The van der Waals surface area contributed by atoms with Crippen molar-refractivity contribution in [2.75, 3.05) is 32.8 Å². The Balaban J connectivity index is 1.69. The Labute approximate surface area is 151 Å². The molecule has 3 aliphatic rings. The lowest BCUT2D eigenvalue weighted by molar-refractivity contribution is -0.109. The second-order valence-corrected chi connectivity index (χ2v) is 9.89. The molecular weight excluding hydrogens is 394 g/mol. The van der Waals surface area contributed by atoms with Crippen LogP contribution < -0.4 is 5.32 Å². The van der Waals surface area contributed by atoms with E-state index in [2.05, 4.69) is 31.1 Å². The van der Waals surface area contributed by atoms with Crippen molar-refractivity contribution in [1.29, 1.82) is 0 Å². The lowest BCUT2D eigenvalue weighted by Crippen LogP contribution is -2.80. The van der Waals surface area contributed by atoms with Gasteiger partial charge in [0.1, 0.15) is 9.98 Å². The van der Waals surface area contributed by atoms with E-state index in [1.54, 1.807) is 19.1 Å². The number of aromatic nitrogens is 1. The van der Waals surface area contributed by atoms with Gasteiger partial charge < -0.3 is 10.1 Å². The molecule has 3 aliphatic heterocycles. The van der Waals surface area contributed by atoms with E-state index in [9.17, 15) is 8.42 Å². The van der Waals surface area contributed by atoms with Gasteiger partial charge in [0.25, 0.3) is 0 Å². The van der Waals surface area contributed by atoms with Crippen molar-refractivity contribution < 1.29 is 13.2 Å². The fourth-order valence-corrected chi connectivity index (χ4v) is 7.14. The topological polar surface area (TPSA) is 71.5 Å². The monoisotopic (exact) mass is 415 g/mol. The average molecular weight is 416 g/mol. The second-order valence-electron chi connectivity index (χ2n) is 7.10. The molecule has 3 saturated heterocycles. The van der Waals surface area contributed by atoms with Crippen LogP contribution >= 0.6 is 15.9 Å². The number of hydrogen-bond donors (Lipinski definition) is 1. The highest BCUT2D eigenvalue weighted by atomic mass is 79.9. The summed E-state index contributed by atoms with van der Waals surface area (Å²) in [6.45, 7) is 5.62. The highest BCUT2D eigenvalue weighted by Crippen LogP contribution is 2.48. The van der Waals surface area contributed by atoms with Gasteiger partial charge in [0.15, 0.2) is 9.84 Å². The number of nitrogens with one attached hydrogen (secondary N) is 1. The predicted octanol–water partition coefficient (Wildman–Crippen LogP) is 1.34. The van der Waals surface area contributed by atoms with E-state index in [4.69, 9.17) is 4.74 Å². The van der Waals surface area contributed by atoms with Gasteiger partial charge in [-0.2, -0.15) is 0 Å². The maximum atomic E-state index is 13.5. The van der Waals surface area contributed by atoms with Crippen molar-refractivity contribution >= 4 is 25.8 Å². The minimum absolute atomic E-state index is 0.142. The largest absolute Gasteiger partial charge is 0.381 e. The fraction of sp³-hybridized carbons (Fsp3) is 0.688. The average Bonchev–Trinajstić information content (AvgIpc) is 2.45. The van der Waals surface area contributed by atoms with Crippen LogP contribution in [0.15, 0.2) is 21.6 Å². The number of rotatable bonds is 3. The number of aryl methyl sites for hydroxylation is 1. The van der Waals surface area contributed by atoms with Gasteiger partial charge in [0.2, 0.25) is 0 Å². The Morgan fingerprint density at radius 1 is 1.33 bits per heavy atom. The summed E-state index contributed by atoms with van der Waals surface area (Å²) < 4.78 is 33.0. The molecule has 0 amide bonds. The number of sulfone groups is 1. The summed E-state index contributed by atoms with van der Waals surface area (Å²) in [6, 6.07) is 3.69. The maximum Gasteiger partial charge on any atom is 0.196 e. The van der Waals surface area contributed by atoms with Gasteiger partial charge in [-0.3, -0.25) is 4.90 Å². The third-order valence-electron chi connectivity index (χ3n) is 5.54. The molecule has 1 aromatic rings. The smallest absolute Gasteiger partial charge is 0.196 e. The zero-order valence-corrected chi connectivity index (χ0v) is 16.1. The Kier molecular flexibility index (Phi) is 4.24. The van der Waals surface area contributed by atoms with Crippen molar-refractivity contribution in [2.45, 2.75) is 36.1 Å². The molecule has 1 unspecified atom stereocenters. The van der Waals surface area contributed by atoms with Crippen LogP contribution in [0.1, 0.15) is 18.5 Å². The first-order chi connectivity index (χ1) is 11.4. The minimum atomic E-state index is -3.45. The van der Waals surface area contributed by atoms with E-state index < -0.39 is 15.2 Å². The van der Waals surface area contributed by atoms with Gasteiger partial charge in [-0.05, 0) is 47.8 Å². The first kappa shape index (κ1) is 16.9. The summed E-state index contributed by atoms with van der Waals surface area (Å²) in [5.41, 5.74) is 0.419. The molecule has 4 rings (SSSR count). The molecule has 8 heteroatoms. The molecule has 6 nitrogen and oxygen atoms in total. The first-order valence-corrected chi connectivity index (χ1v) is 10.7. The third-order valence-corrected chi connectivity index (χ3v) is 8.39. The fourth-order valence-electron chi connectivity index (χ4n) is 4.28. The van der Waals surface area contributed by atoms with Crippen molar-refractivity contribution in [3.63, 3.8) is 0 Å². The predicted molar refractivity (Wildman–Crippen MR) is 93.5 cm³/mol. The molecule has 0 saturated carbocycles. The molecule has 0 aromatic carbocycles. The van der Waals surface area contributed by atoms with Crippen LogP contribution in [0.5, 0.6) is 0 Å². The summed E-state index contributed by atoms with van der Waals surface area (Å²) in [7, 11) is -3.45. The van der Waals surface area contributed by atoms with Crippen molar-refractivity contribution in [1.82, 2.24) is 15.2 Å². The van der Waals surface area contributed by atoms with E-state index in [0.29, 0.717) is 21.2 Å². The van der Waals surface area contributed by atoms with E-state index >= 15 is 0 Å². The van der Waals surface area contributed by atoms with Gasteiger partial charge >= 0.3 is 0 Å². The van der Waals surface area contributed by atoms with Gasteiger partial charge in [-0.25, -0.2) is 13.4 Å². The number of hydrogen-bond acceptors (Lipinski definition) is 6. The van der Waals surface area contributed by atoms with Crippen LogP contribution in [-0.2, 0) is 14.6 Å². The van der Waals surface area contributed by atoms with Crippen LogP contribution in [0.3, 0.4) is 0 Å². The van der Waals surface area contributed by atoms with E-state index in [0.717, 1.165) is 45.7 Å². The minimum Gasteiger partial charge on any atom is -0.381 e. The zero-order chi connectivity index (χ0) is 16.9. The normalized spacial score (nSPS) is 27.7. The molecule has 1 aromatic heterocycles. The molecule has 3 fully saturated rings. The van der Waals surface area contributed by atoms with Gasteiger partial charge in [0, 0.05) is 44.3 Å². The lowest BCUT2D eigenvalue weighted by atomic mass is 9.72. The highest BCUT2D eigenvalue weighted by Gasteiger charge is 2.63. The van der Waals surface area contributed by atoms with Crippen LogP contribution in [-0.4, -0.2) is 62.6 Å². The van der Waals surface area contributed by atoms with Crippen LogP contribution in [0.2, 0.25) is 0 Å². The molecule has 24 heavy (non-hydrogen) atoms. The molecule has 132 valence electrons. The summed E-state index contributed by atoms with van der Waals surface area (Å²) in [5, 5.41) is 2.82. The van der Waals surface area contributed by atoms with Crippen LogP contribution in [0.25, 0.3) is 0 Å². The number of likely N-dealkylation sites (tertiary alicyclic amines) is 1. The lowest BCUT2D eigenvalue weighted by Gasteiger charge is -2.63. The van der Waals surface area contributed by atoms with Crippen LogP contribution in [0.4, 0.5) is 0 Å². The Morgan fingerprint density at radius 2 is 2.04 bits per heavy atom. The third kappa shape index (κ3) is 2.54. The first-order valence-electron chi connectivity index (χ1n) is 8.35. The summed E-state index contributed by atoms with van der Waals surface area (Å²) in [6.07, 6.45) is 1.82. The van der Waals surface area contributed by atoms with Gasteiger partial charge in [-0.1, -0.05) is 0 Å². The maximum absolute atomic E-state index is 13.5. The molecule has 0 aliphatic carbocycles. The standard InChI is InChI=1S/C16H22BrN3O3S/c1-11-13(2-3-14(17)19-11)24(21,22)15-16(8-18-9-16)10-20(15)12-4-6-23-7-5-12/h2-3,12,15,18H,4-10H2,1H3. The summed E-state index contributed by atoms with van der Waals surface area (Å²) >= 11 is 3.31. The summed E-state index contributed by atoms with van der Waals surface area (Å²) in [5.74, 6) is 0. The number of halogens is 1.